The summed E-state index contributed by atoms with van der Waals surface area (Å²) in [6.07, 6.45) is 2.87. The summed E-state index contributed by atoms with van der Waals surface area (Å²) in [6, 6.07) is 24.6. The summed E-state index contributed by atoms with van der Waals surface area (Å²) in [4.78, 5) is 30.9. The van der Waals surface area contributed by atoms with E-state index in [2.05, 4.69) is 10.3 Å². The number of rotatable bonds is 7. The average molecular weight is 526 g/mol. The summed E-state index contributed by atoms with van der Waals surface area (Å²) >= 11 is 0. The fourth-order valence-electron chi connectivity index (χ4n) is 4.67. The molecule has 1 aromatic heterocycles. The minimum atomic E-state index is -0.608. The van der Waals surface area contributed by atoms with Crippen molar-refractivity contribution in [2.45, 2.75) is 25.4 Å². The first-order chi connectivity index (χ1) is 19.0. The van der Waals surface area contributed by atoms with Gasteiger partial charge in [0.2, 0.25) is 5.95 Å². The molecular weight excluding hydrogens is 497 g/mol. The summed E-state index contributed by atoms with van der Waals surface area (Å²) in [6.45, 7) is 1.55. The molecule has 8 heteroatoms. The number of aromatic nitrogens is 1. The molecule has 1 saturated heterocycles. The van der Waals surface area contributed by atoms with Gasteiger partial charge in [-0.05, 0) is 72.4 Å². The Balaban J connectivity index is 1.16. The molecule has 0 spiro atoms. The zero-order chi connectivity index (χ0) is 27.2. The first-order valence-electron chi connectivity index (χ1n) is 12.8. The third kappa shape index (κ3) is 6.41. The Hall–Kier alpha value is -4.72. The van der Waals surface area contributed by atoms with Crippen LogP contribution in [0.15, 0.2) is 91.1 Å². The second-order valence-corrected chi connectivity index (χ2v) is 9.47. The van der Waals surface area contributed by atoms with Crippen LogP contribution >= 0.6 is 0 Å². The standard InChI is InChI=1S/C31H28FN3O4/c32-29-13-8-24(19-33-29)31(38)35-16-14-23(15-17-35)22-6-9-25(10-7-22)34-30(37)27-18-26(11-12-28(27)36)39-20-21-4-2-1-3-5-21/h1-13,18-19,23,36H,14-17,20H2,(H,34,37). The Bertz CT molecular complexity index is 1440. The Morgan fingerprint density at radius 3 is 2.41 bits per heavy atom. The molecule has 1 fully saturated rings. The lowest BCUT2D eigenvalue weighted by molar-refractivity contribution is 0.0712. The molecule has 39 heavy (non-hydrogen) atoms. The fourth-order valence-corrected chi connectivity index (χ4v) is 4.67. The van der Waals surface area contributed by atoms with Crippen molar-refractivity contribution in [2.24, 2.45) is 0 Å². The van der Waals surface area contributed by atoms with Gasteiger partial charge in [0, 0.05) is 25.0 Å². The molecule has 7 nitrogen and oxygen atoms in total. The molecule has 0 atom stereocenters. The van der Waals surface area contributed by atoms with Crippen LogP contribution in [-0.4, -0.2) is 39.9 Å². The molecule has 198 valence electrons. The maximum Gasteiger partial charge on any atom is 0.259 e. The number of amides is 2. The quantitative estimate of drug-likeness (QED) is 0.299. The molecule has 2 amide bonds. The van der Waals surface area contributed by atoms with Crippen LogP contribution in [0.1, 0.15) is 50.6 Å². The Morgan fingerprint density at radius 2 is 1.72 bits per heavy atom. The lowest BCUT2D eigenvalue weighted by Crippen LogP contribution is -2.38. The van der Waals surface area contributed by atoms with E-state index in [0.717, 1.165) is 24.0 Å². The van der Waals surface area contributed by atoms with E-state index < -0.39 is 11.9 Å². The van der Waals surface area contributed by atoms with Gasteiger partial charge in [0.25, 0.3) is 11.8 Å². The maximum absolute atomic E-state index is 13.1. The smallest absolute Gasteiger partial charge is 0.259 e. The van der Waals surface area contributed by atoms with Gasteiger partial charge < -0.3 is 20.1 Å². The third-order valence-corrected chi connectivity index (χ3v) is 6.86. The molecular formula is C31H28FN3O4. The summed E-state index contributed by atoms with van der Waals surface area (Å²) in [5, 5.41) is 13.1. The zero-order valence-corrected chi connectivity index (χ0v) is 21.2. The number of pyridine rings is 1. The first kappa shape index (κ1) is 25.9. The van der Waals surface area contributed by atoms with E-state index >= 15 is 0 Å². The van der Waals surface area contributed by atoms with Crippen molar-refractivity contribution in [3.8, 4) is 11.5 Å². The van der Waals surface area contributed by atoms with Crippen molar-refractivity contribution in [2.75, 3.05) is 18.4 Å². The number of hydrogen-bond donors (Lipinski definition) is 2. The predicted molar refractivity (Wildman–Crippen MR) is 145 cm³/mol. The lowest BCUT2D eigenvalue weighted by atomic mass is 9.89. The van der Waals surface area contributed by atoms with Gasteiger partial charge in [0.05, 0.1) is 11.1 Å². The number of likely N-dealkylation sites (tertiary alicyclic amines) is 1. The second kappa shape index (κ2) is 11.8. The number of hydrogen-bond acceptors (Lipinski definition) is 5. The highest BCUT2D eigenvalue weighted by Gasteiger charge is 2.25. The number of halogens is 1. The highest BCUT2D eigenvalue weighted by Crippen LogP contribution is 2.30. The predicted octanol–water partition coefficient (Wildman–Crippen LogP) is 5.78. The molecule has 0 aliphatic carbocycles. The van der Waals surface area contributed by atoms with E-state index in [-0.39, 0.29) is 23.1 Å². The van der Waals surface area contributed by atoms with Crippen LogP contribution in [0.2, 0.25) is 0 Å². The van der Waals surface area contributed by atoms with Crippen LogP contribution in [0.4, 0.5) is 10.1 Å². The molecule has 0 radical (unpaired) electrons. The number of benzene rings is 3. The Morgan fingerprint density at radius 1 is 0.974 bits per heavy atom. The van der Waals surface area contributed by atoms with Gasteiger partial charge in [0.1, 0.15) is 18.1 Å². The number of ether oxygens (including phenoxy) is 1. The van der Waals surface area contributed by atoms with Crippen LogP contribution in [0, 0.1) is 5.95 Å². The van der Waals surface area contributed by atoms with Crippen molar-refractivity contribution in [3.63, 3.8) is 0 Å². The van der Waals surface area contributed by atoms with Gasteiger partial charge >= 0.3 is 0 Å². The van der Waals surface area contributed by atoms with Crippen LogP contribution < -0.4 is 10.1 Å². The molecule has 1 aliphatic heterocycles. The molecule has 1 aliphatic rings. The molecule has 2 heterocycles. The Kier molecular flexibility index (Phi) is 7.82. The maximum atomic E-state index is 13.1. The van der Waals surface area contributed by atoms with Gasteiger partial charge in [-0.25, -0.2) is 4.98 Å². The average Bonchev–Trinajstić information content (AvgIpc) is 2.98. The third-order valence-electron chi connectivity index (χ3n) is 6.86. The number of phenols is 1. The van der Waals surface area contributed by atoms with Crippen molar-refractivity contribution in [1.82, 2.24) is 9.88 Å². The first-order valence-corrected chi connectivity index (χ1v) is 12.8. The fraction of sp³-hybridized carbons (Fsp3) is 0.194. The molecule has 2 N–H and O–H groups in total. The number of carbonyl (C=O) groups excluding carboxylic acids is 2. The highest BCUT2D eigenvalue weighted by molar-refractivity contribution is 6.06. The molecule has 0 bridgehead atoms. The summed E-state index contributed by atoms with van der Waals surface area (Å²) in [5.74, 6) is -0.549. The van der Waals surface area contributed by atoms with Crippen molar-refractivity contribution in [1.29, 1.82) is 0 Å². The monoisotopic (exact) mass is 525 g/mol. The number of phenolic OH excluding ortho intramolecular Hbond substituents is 1. The van der Waals surface area contributed by atoms with Crippen LogP contribution in [0.3, 0.4) is 0 Å². The van der Waals surface area contributed by atoms with Gasteiger partial charge in [-0.2, -0.15) is 4.39 Å². The number of carbonyl (C=O) groups is 2. The molecule has 0 saturated carbocycles. The second-order valence-electron chi connectivity index (χ2n) is 9.47. The minimum absolute atomic E-state index is 0.123. The van der Waals surface area contributed by atoms with E-state index in [0.29, 0.717) is 36.7 Å². The van der Waals surface area contributed by atoms with E-state index in [1.807, 2.05) is 54.6 Å². The number of aromatic hydroxyl groups is 1. The number of anilines is 1. The highest BCUT2D eigenvalue weighted by atomic mass is 19.1. The SMILES string of the molecule is O=C(Nc1ccc(C2CCN(C(=O)c3ccc(F)nc3)CC2)cc1)c1cc(OCc2ccccc2)ccc1O. The largest absolute Gasteiger partial charge is 0.507 e. The molecule has 4 aromatic rings. The Labute approximate surface area is 225 Å². The summed E-state index contributed by atoms with van der Waals surface area (Å²) in [5.41, 5.74) is 3.24. The van der Waals surface area contributed by atoms with Crippen LogP contribution in [0.5, 0.6) is 11.5 Å². The van der Waals surface area contributed by atoms with Crippen LogP contribution in [-0.2, 0) is 6.61 Å². The lowest BCUT2D eigenvalue weighted by Gasteiger charge is -2.32. The minimum Gasteiger partial charge on any atom is -0.507 e. The van der Waals surface area contributed by atoms with Crippen molar-refractivity contribution >= 4 is 17.5 Å². The number of nitrogens with zero attached hydrogens (tertiary/aromatic N) is 2. The van der Waals surface area contributed by atoms with Gasteiger partial charge in [-0.15, -0.1) is 0 Å². The molecule has 0 unspecified atom stereocenters. The molecule has 5 rings (SSSR count). The van der Waals surface area contributed by atoms with Crippen molar-refractivity contribution in [3.05, 3.63) is 119 Å². The van der Waals surface area contributed by atoms with E-state index in [1.165, 1.54) is 30.5 Å². The number of nitrogens with one attached hydrogen (secondary N) is 1. The van der Waals surface area contributed by atoms with E-state index in [9.17, 15) is 19.1 Å². The number of piperidine rings is 1. The van der Waals surface area contributed by atoms with Gasteiger partial charge in [-0.3, -0.25) is 9.59 Å². The van der Waals surface area contributed by atoms with Gasteiger partial charge in [-0.1, -0.05) is 42.5 Å². The summed E-state index contributed by atoms with van der Waals surface area (Å²) in [7, 11) is 0. The molecule has 3 aromatic carbocycles. The van der Waals surface area contributed by atoms with Gasteiger partial charge in [0.15, 0.2) is 0 Å². The van der Waals surface area contributed by atoms with E-state index in [1.54, 1.807) is 11.0 Å². The van der Waals surface area contributed by atoms with Crippen molar-refractivity contribution < 1.29 is 23.8 Å². The van der Waals surface area contributed by atoms with Crippen LogP contribution in [0.25, 0.3) is 0 Å². The van der Waals surface area contributed by atoms with E-state index in [4.69, 9.17) is 4.74 Å². The summed E-state index contributed by atoms with van der Waals surface area (Å²) < 4.78 is 18.8. The normalized spacial score (nSPS) is 13.6. The zero-order valence-electron chi connectivity index (χ0n) is 21.2. The topological polar surface area (TPSA) is 91.8 Å².